The average Bonchev–Trinajstić information content (AvgIpc) is 3.20. The van der Waals surface area contributed by atoms with E-state index in [1.54, 1.807) is 6.26 Å². The Labute approximate surface area is 147 Å². The van der Waals surface area contributed by atoms with Gasteiger partial charge in [0.1, 0.15) is 6.26 Å². The molecule has 1 saturated heterocycles. The van der Waals surface area contributed by atoms with E-state index in [2.05, 4.69) is 45.3 Å². The highest BCUT2D eigenvalue weighted by Gasteiger charge is 2.16. The summed E-state index contributed by atoms with van der Waals surface area (Å²) >= 11 is 0. The molecule has 2 heterocycles. The van der Waals surface area contributed by atoms with Gasteiger partial charge in [0.15, 0.2) is 0 Å². The molecule has 1 aromatic heterocycles. The normalized spacial score (nSPS) is 14.2. The maximum Gasteiger partial charge on any atom is 0.124 e. The van der Waals surface area contributed by atoms with Crippen LogP contribution < -0.4 is 4.90 Å². The van der Waals surface area contributed by atoms with E-state index in [-0.39, 0.29) is 0 Å². The summed E-state index contributed by atoms with van der Waals surface area (Å²) in [6, 6.07) is 12.6. The van der Waals surface area contributed by atoms with Gasteiger partial charge in [-0.25, -0.2) is 0 Å². The lowest BCUT2D eigenvalue weighted by Gasteiger charge is -2.36. The van der Waals surface area contributed by atoms with E-state index >= 15 is 0 Å². The Morgan fingerprint density at radius 1 is 0.917 bits per heavy atom. The molecule has 24 heavy (non-hydrogen) atoms. The number of benzene rings is 1. The number of aryl methyl sites for hydroxylation is 1. The molecule has 0 spiro atoms. The van der Waals surface area contributed by atoms with Gasteiger partial charge in [0, 0.05) is 37.9 Å². The van der Waals surface area contributed by atoms with Crippen LogP contribution in [0.4, 0.5) is 5.69 Å². The van der Waals surface area contributed by atoms with Crippen LogP contribution in [0.2, 0.25) is 0 Å². The van der Waals surface area contributed by atoms with Gasteiger partial charge in [-0.1, -0.05) is 51.1 Å². The maximum atomic E-state index is 4.85. The number of anilines is 1. The Morgan fingerprint density at radius 2 is 1.58 bits per heavy atom. The molecule has 0 unspecified atom stereocenters. The number of hydrogen-bond acceptors (Lipinski definition) is 4. The second-order valence-corrected chi connectivity index (χ2v) is 5.26. The molecule has 0 bridgehead atoms. The molecule has 0 saturated carbocycles. The molecule has 1 aromatic carbocycles. The summed E-state index contributed by atoms with van der Waals surface area (Å²) in [6.07, 6.45) is 3.81. The first-order valence-electron chi connectivity index (χ1n) is 9.33. The zero-order chi connectivity index (χ0) is 17.6. The Morgan fingerprint density at radius 3 is 2.17 bits per heavy atom. The molecule has 4 nitrogen and oxygen atoms in total. The van der Waals surface area contributed by atoms with Crippen LogP contribution in [0.3, 0.4) is 0 Å². The van der Waals surface area contributed by atoms with Crippen molar-refractivity contribution in [3.05, 3.63) is 48.4 Å². The topological polar surface area (TPSA) is 32.5 Å². The van der Waals surface area contributed by atoms with Crippen molar-refractivity contribution >= 4 is 5.69 Å². The SMILES string of the molecule is CC.CC.c1ccc(N2CCN(CCCc3ccon3)CC2)cc1. The van der Waals surface area contributed by atoms with Gasteiger partial charge >= 0.3 is 0 Å². The lowest BCUT2D eigenvalue weighted by molar-refractivity contribution is 0.254. The summed E-state index contributed by atoms with van der Waals surface area (Å²) in [6.45, 7) is 13.7. The highest BCUT2D eigenvalue weighted by Crippen LogP contribution is 2.15. The van der Waals surface area contributed by atoms with E-state index in [9.17, 15) is 0 Å². The number of para-hydroxylation sites is 1. The summed E-state index contributed by atoms with van der Waals surface area (Å²) in [4.78, 5) is 5.01. The maximum absolute atomic E-state index is 4.85. The van der Waals surface area contributed by atoms with Crippen LogP contribution in [0.25, 0.3) is 0 Å². The van der Waals surface area contributed by atoms with E-state index in [1.165, 1.54) is 5.69 Å². The number of nitrogens with zero attached hydrogens (tertiary/aromatic N) is 3. The first-order valence-corrected chi connectivity index (χ1v) is 9.33. The number of rotatable bonds is 5. The highest BCUT2D eigenvalue weighted by molar-refractivity contribution is 5.46. The minimum absolute atomic E-state index is 1.01. The van der Waals surface area contributed by atoms with Crippen LogP contribution in [-0.2, 0) is 6.42 Å². The molecule has 1 fully saturated rings. The van der Waals surface area contributed by atoms with E-state index < -0.39 is 0 Å². The van der Waals surface area contributed by atoms with Crippen molar-refractivity contribution in [2.24, 2.45) is 0 Å². The van der Waals surface area contributed by atoms with Crippen LogP contribution in [-0.4, -0.2) is 42.8 Å². The second kappa shape index (κ2) is 12.6. The zero-order valence-corrected chi connectivity index (χ0v) is 15.7. The van der Waals surface area contributed by atoms with E-state index in [4.69, 9.17) is 4.52 Å². The van der Waals surface area contributed by atoms with Crippen molar-refractivity contribution in [1.29, 1.82) is 0 Å². The molecular weight excluding hydrogens is 298 g/mol. The fourth-order valence-corrected chi connectivity index (χ4v) is 2.72. The monoisotopic (exact) mass is 331 g/mol. The van der Waals surface area contributed by atoms with E-state index in [0.717, 1.165) is 51.3 Å². The Bertz CT molecular complexity index is 491. The summed E-state index contributed by atoms with van der Waals surface area (Å²) < 4.78 is 4.85. The van der Waals surface area contributed by atoms with Gasteiger partial charge in [-0.2, -0.15) is 0 Å². The van der Waals surface area contributed by atoms with Crippen LogP contribution in [0.1, 0.15) is 39.8 Å². The largest absolute Gasteiger partial charge is 0.369 e. The zero-order valence-electron chi connectivity index (χ0n) is 15.7. The van der Waals surface area contributed by atoms with Gasteiger partial charge in [0.2, 0.25) is 0 Å². The quantitative estimate of drug-likeness (QED) is 0.808. The molecule has 2 aromatic rings. The standard InChI is InChI=1S/C16H21N3O.2C2H6/c1-2-6-16(7-3-1)19-12-10-18(11-13-19)9-4-5-15-8-14-20-17-15;2*1-2/h1-3,6-8,14H,4-5,9-13H2;2*1-2H3. The second-order valence-electron chi connectivity index (χ2n) is 5.26. The molecule has 134 valence electrons. The summed E-state index contributed by atoms with van der Waals surface area (Å²) in [5.41, 5.74) is 2.41. The fourth-order valence-electron chi connectivity index (χ4n) is 2.72. The molecule has 0 atom stereocenters. The van der Waals surface area contributed by atoms with Crippen molar-refractivity contribution in [1.82, 2.24) is 10.1 Å². The van der Waals surface area contributed by atoms with E-state index in [0.29, 0.717) is 0 Å². The van der Waals surface area contributed by atoms with Gasteiger partial charge in [0.25, 0.3) is 0 Å². The third-order valence-electron chi connectivity index (χ3n) is 3.89. The van der Waals surface area contributed by atoms with Crippen molar-refractivity contribution in [2.45, 2.75) is 40.5 Å². The molecule has 0 N–H and O–H groups in total. The molecule has 4 heteroatoms. The lowest BCUT2D eigenvalue weighted by atomic mass is 10.2. The Hall–Kier alpha value is -1.81. The van der Waals surface area contributed by atoms with Crippen molar-refractivity contribution in [3.8, 4) is 0 Å². The van der Waals surface area contributed by atoms with Crippen LogP contribution in [0.5, 0.6) is 0 Å². The third-order valence-corrected chi connectivity index (χ3v) is 3.89. The van der Waals surface area contributed by atoms with Crippen LogP contribution in [0.15, 0.2) is 47.2 Å². The first-order chi connectivity index (χ1) is 11.9. The van der Waals surface area contributed by atoms with Crippen LogP contribution in [0, 0.1) is 0 Å². The molecule has 0 aliphatic carbocycles. The summed E-state index contributed by atoms with van der Waals surface area (Å²) in [5, 5.41) is 3.95. The Kier molecular flexibility index (Phi) is 10.6. The van der Waals surface area contributed by atoms with Crippen molar-refractivity contribution in [2.75, 3.05) is 37.6 Å². The van der Waals surface area contributed by atoms with Gasteiger partial charge in [0.05, 0.1) is 5.69 Å². The lowest BCUT2D eigenvalue weighted by Crippen LogP contribution is -2.46. The fraction of sp³-hybridized carbons (Fsp3) is 0.550. The highest BCUT2D eigenvalue weighted by atomic mass is 16.5. The molecule has 3 rings (SSSR count). The molecule has 1 aliphatic rings. The van der Waals surface area contributed by atoms with E-state index in [1.807, 2.05) is 33.8 Å². The number of piperazine rings is 1. The first kappa shape index (κ1) is 20.2. The van der Waals surface area contributed by atoms with Crippen molar-refractivity contribution < 1.29 is 4.52 Å². The smallest absolute Gasteiger partial charge is 0.124 e. The van der Waals surface area contributed by atoms with Crippen LogP contribution >= 0.6 is 0 Å². The predicted molar refractivity (Wildman–Crippen MR) is 103 cm³/mol. The molecule has 0 amide bonds. The third kappa shape index (κ3) is 6.75. The molecule has 1 aliphatic heterocycles. The average molecular weight is 332 g/mol. The summed E-state index contributed by atoms with van der Waals surface area (Å²) in [7, 11) is 0. The molecule has 0 radical (unpaired) electrons. The summed E-state index contributed by atoms with van der Waals surface area (Å²) in [5.74, 6) is 0. The predicted octanol–water partition coefficient (Wildman–Crippen LogP) is 4.48. The molecular formula is C20H33N3O. The minimum atomic E-state index is 1.01. The van der Waals surface area contributed by atoms with Gasteiger partial charge in [-0.3, -0.25) is 4.90 Å². The van der Waals surface area contributed by atoms with Crippen molar-refractivity contribution in [3.63, 3.8) is 0 Å². The Balaban J connectivity index is 0.000000671. The van der Waals surface area contributed by atoms with Gasteiger partial charge < -0.3 is 9.42 Å². The van der Waals surface area contributed by atoms with Gasteiger partial charge in [-0.05, 0) is 31.5 Å². The number of hydrogen-bond donors (Lipinski definition) is 0. The van der Waals surface area contributed by atoms with Gasteiger partial charge in [-0.15, -0.1) is 0 Å². The number of aromatic nitrogens is 1. The minimum Gasteiger partial charge on any atom is -0.369 e.